The van der Waals surface area contributed by atoms with Crippen molar-refractivity contribution in [3.05, 3.63) is 24.3 Å². The first-order chi connectivity index (χ1) is 9.77. The van der Waals surface area contributed by atoms with E-state index in [0.717, 1.165) is 19.3 Å². The summed E-state index contributed by atoms with van der Waals surface area (Å²) in [5.41, 5.74) is 0. The molecule has 2 nitrogen and oxygen atoms in total. The molecule has 0 bridgehead atoms. The molecule has 2 heteroatoms. The fraction of sp³-hybridized carbons (Fsp3) is 0.722. The Hall–Kier alpha value is -1.05. The molecule has 1 N–H and O–H groups in total. The van der Waals surface area contributed by atoms with Gasteiger partial charge in [0.2, 0.25) is 0 Å². The minimum atomic E-state index is -0.691. The highest BCUT2D eigenvalue weighted by molar-refractivity contribution is 5.66. The maximum atomic E-state index is 10.3. The van der Waals surface area contributed by atoms with Gasteiger partial charge in [0.1, 0.15) is 0 Å². The zero-order chi connectivity index (χ0) is 14.9. The Morgan fingerprint density at radius 2 is 1.30 bits per heavy atom. The van der Waals surface area contributed by atoms with Crippen molar-refractivity contribution in [2.75, 3.05) is 0 Å². The summed E-state index contributed by atoms with van der Waals surface area (Å²) in [6.07, 6.45) is 22.3. The molecular formula is C18H32O2. The fourth-order valence-corrected chi connectivity index (χ4v) is 2.11. The van der Waals surface area contributed by atoms with Crippen LogP contribution in [0, 0.1) is 0 Å². The third-order valence-electron chi connectivity index (χ3n) is 3.37. The van der Waals surface area contributed by atoms with Crippen LogP contribution in [-0.4, -0.2) is 11.1 Å². The number of unbranched alkanes of at least 4 members (excludes halogenated alkanes) is 9. The molecule has 0 rings (SSSR count). The van der Waals surface area contributed by atoms with Gasteiger partial charge in [-0.3, -0.25) is 4.79 Å². The van der Waals surface area contributed by atoms with E-state index in [9.17, 15) is 4.79 Å². The molecule has 0 amide bonds. The van der Waals surface area contributed by atoms with Crippen molar-refractivity contribution in [2.45, 2.75) is 84.0 Å². The largest absolute Gasteiger partial charge is 0.481 e. The second kappa shape index (κ2) is 16.0. The number of hydrogen-bond acceptors (Lipinski definition) is 1. The van der Waals surface area contributed by atoms with E-state index in [4.69, 9.17) is 5.11 Å². The van der Waals surface area contributed by atoms with Gasteiger partial charge in [-0.25, -0.2) is 0 Å². The number of carbonyl (C=O) groups is 1. The smallest absolute Gasteiger partial charge is 0.303 e. The van der Waals surface area contributed by atoms with Gasteiger partial charge in [-0.1, -0.05) is 69.8 Å². The number of carboxylic acids is 1. The molecule has 0 atom stereocenters. The van der Waals surface area contributed by atoms with Gasteiger partial charge in [0.15, 0.2) is 0 Å². The summed E-state index contributed by atoms with van der Waals surface area (Å²) < 4.78 is 0. The van der Waals surface area contributed by atoms with E-state index >= 15 is 0 Å². The van der Waals surface area contributed by atoms with E-state index in [2.05, 4.69) is 31.2 Å². The summed E-state index contributed by atoms with van der Waals surface area (Å²) in [7, 11) is 0. The molecular weight excluding hydrogens is 248 g/mol. The molecule has 0 radical (unpaired) electrons. The van der Waals surface area contributed by atoms with Crippen LogP contribution in [0.15, 0.2) is 24.3 Å². The quantitative estimate of drug-likeness (QED) is 0.318. The Balaban J connectivity index is 3.20. The van der Waals surface area contributed by atoms with E-state index in [1.165, 1.54) is 51.4 Å². The van der Waals surface area contributed by atoms with Gasteiger partial charge in [0, 0.05) is 6.42 Å². The van der Waals surface area contributed by atoms with Crippen molar-refractivity contribution in [2.24, 2.45) is 0 Å². The van der Waals surface area contributed by atoms with Crippen molar-refractivity contribution < 1.29 is 9.90 Å². The van der Waals surface area contributed by atoms with Gasteiger partial charge < -0.3 is 5.11 Å². The first kappa shape index (κ1) is 18.9. The minimum absolute atomic E-state index is 0.294. The van der Waals surface area contributed by atoms with Crippen molar-refractivity contribution in [3.8, 4) is 0 Å². The average molecular weight is 280 g/mol. The maximum absolute atomic E-state index is 10.3. The predicted molar refractivity (Wildman–Crippen MR) is 87.0 cm³/mol. The summed E-state index contributed by atoms with van der Waals surface area (Å²) in [6.45, 7) is 2.25. The lowest BCUT2D eigenvalue weighted by Gasteiger charge is -1.98. The second-order valence-electron chi connectivity index (χ2n) is 5.41. The van der Waals surface area contributed by atoms with Gasteiger partial charge in [0.05, 0.1) is 0 Å². The second-order valence-corrected chi connectivity index (χ2v) is 5.41. The van der Waals surface area contributed by atoms with Crippen molar-refractivity contribution in [3.63, 3.8) is 0 Å². The van der Waals surface area contributed by atoms with Crippen LogP contribution < -0.4 is 0 Å². The van der Waals surface area contributed by atoms with Crippen LogP contribution in [0.4, 0.5) is 0 Å². The Morgan fingerprint density at radius 1 is 0.800 bits per heavy atom. The third kappa shape index (κ3) is 16.9. The molecule has 0 saturated carbocycles. The molecule has 0 spiro atoms. The van der Waals surface area contributed by atoms with E-state index in [1.807, 2.05) is 0 Å². The first-order valence-electron chi connectivity index (χ1n) is 8.30. The lowest BCUT2D eigenvalue weighted by molar-refractivity contribution is -0.137. The van der Waals surface area contributed by atoms with Crippen LogP contribution in [-0.2, 0) is 4.79 Å². The monoisotopic (exact) mass is 280 g/mol. The molecule has 0 aromatic carbocycles. The van der Waals surface area contributed by atoms with E-state index < -0.39 is 5.97 Å². The fourth-order valence-electron chi connectivity index (χ4n) is 2.11. The van der Waals surface area contributed by atoms with Gasteiger partial charge in [0.25, 0.3) is 0 Å². The van der Waals surface area contributed by atoms with E-state index in [1.54, 1.807) is 0 Å². The van der Waals surface area contributed by atoms with Crippen LogP contribution >= 0.6 is 0 Å². The van der Waals surface area contributed by atoms with Crippen LogP contribution in [0.1, 0.15) is 84.0 Å². The molecule has 20 heavy (non-hydrogen) atoms. The van der Waals surface area contributed by atoms with Crippen LogP contribution in [0.2, 0.25) is 0 Å². The number of aliphatic carboxylic acids is 1. The van der Waals surface area contributed by atoms with Gasteiger partial charge in [-0.2, -0.15) is 0 Å². The minimum Gasteiger partial charge on any atom is -0.481 e. The highest BCUT2D eigenvalue weighted by atomic mass is 16.4. The molecule has 0 aromatic heterocycles. The zero-order valence-corrected chi connectivity index (χ0v) is 13.2. The molecule has 0 aliphatic rings. The van der Waals surface area contributed by atoms with Crippen LogP contribution in [0.5, 0.6) is 0 Å². The normalized spacial score (nSPS) is 11.7. The average Bonchev–Trinajstić information content (AvgIpc) is 2.43. The molecule has 0 aliphatic carbocycles. The Kier molecular flexibility index (Phi) is 15.2. The predicted octanol–water partition coefficient (Wildman–Crippen LogP) is 5.88. The molecule has 0 aromatic rings. The maximum Gasteiger partial charge on any atom is 0.303 e. The van der Waals surface area contributed by atoms with E-state index in [-0.39, 0.29) is 0 Å². The van der Waals surface area contributed by atoms with Crippen molar-refractivity contribution >= 4 is 5.97 Å². The van der Waals surface area contributed by atoms with Gasteiger partial charge in [-0.15, -0.1) is 0 Å². The summed E-state index contributed by atoms with van der Waals surface area (Å²) in [5.74, 6) is -0.691. The van der Waals surface area contributed by atoms with Crippen LogP contribution in [0.25, 0.3) is 0 Å². The Bertz CT molecular complexity index is 267. The van der Waals surface area contributed by atoms with Crippen molar-refractivity contribution in [1.82, 2.24) is 0 Å². The molecule has 0 saturated heterocycles. The topological polar surface area (TPSA) is 37.3 Å². The first-order valence-corrected chi connectivity index (χ1v) is 8.30. The Labute approximate surface area is 125 Å². The SMILES string of the molecule is CCCCCCCCC/C=C/C=C/CCCCC(=O)O. The lowest BCUT2D eigenvalue weighted by atomic mass is 10.1. The number of hydrogen-bond donors (Lipinski definition) is 1. The third-order valence-corrected chi connectivity index (χ3v) is 3.37. The van der Waals surface area contributed by atoms with E-state index in [0.29, 0.717) is 6.42 Å². The zero-order valence-electron chi connectivity index (χ0n) is 13.2. The van der Waals surface area contributed by atoms with Crippen LogP contribution in [0.3, 0.4) is 0 Å². The summed E-state index contributed by atoms with van der Waals surface area (Å²) in [5, 5.41) is 8.49. The number of rotatable bonds is 14. The summed E-state index contributed by atoms with van der Waals surface area (Å²) in [6, 6.07) is 0. The summed E-state index contributed by atoms with van der Waals surface area (Å²) in [4.78, 5) is 10.3. The molecule has 0 fully saturated rings. The molecule has 0 heterocycles. The Morgan fingerprint density at radius 3 is 1.85 bits per heavy atom. The highest BCUT2D eigenvalue weighted by Gasteiger charge is 1.93. The lowest BCUT2D eigenvalue weighted by Crippen LogP contribution is -1.92. The number of allylic oxidation sites excluding steroid dienone is 4. The van der Waals surface area contributed by atoms with Crippen molar-refractivity contribution in [1.29, 1.82) is 0 Å². The summed E-state index contributed by atoms with van der Waals surface area (Å²) >= 11 is 0. The number of carboxylic acid groups (broad SMARTS) is 1. The molecule has 0 unspecified atom stereocenters. The molecule has 0 aliphatic heterocycles. The molecule has 116 valence electrons. The standard InChI is InChI=1S/C18H32O2/c1-2-3-4-5-6-7-8-9-10-11-12-13-14-15-16-17-18(19)20/h10-13H,2-9,14-17H2,1H3,(H,19,20)/b11-10+,13-12+. The van der Waals surface area contributed by atoms with Gasteiger partial charge >= 0.3 is 5.97 Å². The van der Waals surface area contributed by atoms with Gasteiger partial charge in [-0.05, 0) is 32.1 Å². The highest BCUT2D eigenvalue weighted by Crippen LogP contribution is 2.08.